The number of amides is 1. The van der Waals surface area contributed by atoms with Gasteiger partial charge in [-0.05, 0) is 25.0 Å². The predicted octanol–water partition coefficient (Wildman–Crippen LogP) is 2.57. The quantitative estimate of drug-likeness (QED) is 0.716. The van der Waals surface area contributed by atoms with Crippen LogP contribution in [-0.4, -0.2) is 42.6 Å². The maximum atomic E-state index is 13.1. The monoisotopic (exact) mass is 345 g/mol. The van der Waals surface area contributed by atoms with Crippen molar-refractivity contribution < 1.29 is 4.79 Å². The maximum absolute atomic E-state index is 13.1. The summed E-state index contributed by atoms with van der Waals surface area (Å²) in [7, 11) is 0. The van der Waals surface area contributed by atoms with Gasteiger partial charge in [0.15, 0.2) is 5.82 Å². The number of benzene rings is 1. The van der Waals surface area contributed by atoms with E-state index in [1.54, 1.807) is 24.5 Å². The van der Waals surface area contributed by atoms with Gasteiger partial charge in [-0.15, -0.1) is 10.2 Å². The minimum Gasteiger partial charge on any atom is -0.330 e. The largest absolute Gasteiger partial charge is 0.330 e. The molecule has 130 valence electrons. The summed E-state index contributed by atoms with van der Waals surface area (Å²) in [6, 6.07) is 14.1. The van der Waals surface area contributed by atoms with Gasteiger partial charge in [0.1, 0.15) is 5.82 Å². The molecule has 1 aromatic carbocycles. The fourth-order valence-corrected chi connectivity index (χ4v) is 4.22. The Morgan fingerprint density at radius 1 is 0.962 bits per heavy atom. The van der Waals surface area contributed by atoms with Crippen LogP contribution >= 0.6 is 0 Å². The van der Waals surface area contributed by atoms with Crippen molar-refractivity contribution in [2.75, 3.05) is 0 Å². The smallest absolute Gasteiger partial charge is 0.254 e. The number of carbonyl (C=O) groups is 1. The second-order valence-electron chi connectivity index (χ2n) is 6.95. The zero-order chi connectivity index (χ0) is 17.5. The van der Waals surface area contributed by atoms with Crippen molar-refractivity contribution in [2.24, 2.45) is 0 Å². The van der Waals surface area contributed by atoms with E-state index in [0.717, 1.165) is 43.0 Å². The molecule has 1 fully saturated rings. The first-order chi connectivity index (χ1) is 12.8. The van der Waals surface area contributed by atoms with E-state index >= 15 is 0 Å². The fraction of sp³-hybridized carbons (Fsp3) is 0.300. The molecule has 6 heteroatoms. The summed E-state index contributed by atoms with van der Waals surface area (Å²) < 4.78 is 2.20. The van der Waals surface area contributed by atoms with Gasteiger partial charge in [0.2, 0.25) is 0 Å². The summed E-state index contributed by atoms with van der Waals surface area (Å²) in [4.78, 5) is 19.2. The van der Waals surface area contributed by atoms with E-state index in [4.69, 9.17) is 0 Å². The number of pyridine rings is 1. The molecule has 2 aliphatic rings. The molecule has 5 rings (SSSR count). The second-order valence-corrected chi connectivity index (χ2v) is 6.95. The molecule has 0 spiro atoms. The zero-order valence-electron chi connectivity index (χ0n) is 14.3. The molecule has 1 amide bonds. The molecule has 0 aliphatic carbocycles. The highest BCUT2D eigenvalue weighted by Gasteiger charge is 2.41. The van der Waals surface area contributed by atoms with Crippen molar-refractivity contribution in [1.82, 2.24) is 24.6 Å². The Hall–Kier alpha value is -3.02. The zero-order valence-corrected chi connectivity index (χ0v) is 14.3. The highest BCUT2D eigenvalue weighted by atomic mass is 16.2. The average Bonchev–Trinajstić information content (AvgIpc) is 3.22. The summed E-state index contributed by atoms with van der Waals surface area (Å²) >= 11 is 0. The van der Waals surface area contributed by atoms with Gasteiger partial charge in [-0.1, -0.05) is 30.3 Å². The fourth-order valence-electron chi connectivity index (χ4n) is 4.22. The van der Waals surface area contributed by atoms with Crippen LogP contribution in [0.1, 0.15) is 29.0 Å². The molecule has 26 heavy (non-hydrogen) atoms. The Balaban J connectivity index is 1.50. The van der Waals surface area contributed by atoms with Crippen LogP contribution in [0.4, 0.5) is 0 Å². The molecule has 2 unspecified atom stereocenters. The first-order valence-electron chi connectivity index (χ1n) is 9.01. The van der Waals surface area contributed by atoms with E-state index < -0.39 is 0 Å². The summed E-state index contributed by atoms with van der Waals surface area (Å²) in [6.07, 6.45) is 6.15. The van der Waals surface area contributed by atoms with Gasteiger partial charge >= 0.3 is 0 Å². The van der Waals surface area contributed by atoms with E-state index in [1.165, 1.54) is 0 Å². The standard InChI is InChI=1S/C20H19N5O/c26-20(15-8-10-21-11-9-15)25-16-6-7-17(25)13-24-18(12-16)22-23-19(24)14-4-2-1-3-5-14/h1-5,8-11,16-17H,6-7,12-13H2. The summed E-state index contributed by atoms with van der Waals surface area (Å²) in [6.45, 7) is 0.750. The van der Waals surface area contributed by atoms with Crippen LogP contribution in [0.15, 0.2) is 54.9 Å². The summed E-state index contributed by atoms with van der Waals surface area (Å²) in [5.74, 6) is 1.97. The first kappa shape index (κ1) is 15.3. The normalized spacial score (nSPS) is 21.3. The lowest BCUT2D eigenvalue weighted by Crippen LogP contribution is -2.42. The second kappa shape index (κ2) is 6.05. The maximum Gasteiger partial charge on any atom is 0.254 e. The number of hydrogen-bond donors (Lipinski definition) is 0. The number of rotatable bonds is 2. The van der Waals surface area contributed by atoms with Crippen molar-refractivity contribution in [3.05, 3.63) is 66.2 Å². The molecule has 0 saturated carbocycles. The summed E-state index contributed by atoms with van der Waals surface area (Å²) in [5.41, 5.74) is 1.77. The highest BCUT2D eigenvalue weighted by Crippen LogP contribution is 2.34. The highest BCUT2D eigenvalue weighted by molar-refractivity contribution is 5.94. The minimum absolute atomic E-state index is 0.0971. The van der Waals surface area contributed by atoms with Crippen molar-refractivity contribution in [1.29, 1.82) is 0 Å². The van der Waals surface area contributed by atoms with Gasteiger partial charge in [0, 0.05) is 42.5 Å². The Kier molecular flexibility index (Phi) is 3.55. The molecule has 2 aliphatic heterocycles. The van der Waals surface area contributed by atoms with Crippen LogP contribution in [0.5, 0.6) is 0 Å². The average molecular weight is 345 g/mol. The SMILES string of the molecule is O=C(c1ccncc1)N1C2CCC1Cn1c(nnc1-c1ccccc1)C2. The Labute approximate surface area is 151 Å². The van der Waals surface area contributed by atoms with Crippen LogP contribution < -0.4 is 0 Å². The van der Waals surface area contributed by atoms with Gasteiger partial charge in [0.25, 0.3) is 5.91 Å². The molecule has 2 atom stereocenters. The van der Waals surface area contributed by atoms with Crippen molar-refractivity contribution in [3.63, 3.8) is 0 Å². The van der Waals surface area contributed by atoms with E-state index in [9.17, 15) is 4.79 Å². The van der Waals surface area contributed by atoms with Gasteiger partial charge < -0.3 is 9.47 Å². The lowest BCUT2D eigenvalue weighted by atomic mass is 10.1. The van der Waals surface area contributed by atoms with E-state index in [2.05, 4.69) is 36.8 Å². The van der Waals surface area contributed by atoms with E-state index in [-0.39, 0.29) is 18.0 Å². The van der Waals surface area contributed by atoms with Gasteiger partial charge in [-0.2, -0.15) is 0 Å². The lowest BCUT2D eigenvalue weighted by Gasteiger charge is -2.28. The summed E-state index contributed by atoms with van der Waals surface area (Å²) in [5, 5.41) is 8.88. The van der Waals surface area contributed by atoms with Crippen LogP contribution in [0.25, 0.3) is 11.4 Å². The Morgan fingerprint density at radius 3 is 2.54 bits per heavy atom. The minimum atomic E-state index is 0.0971. The number of nitrogens with zero attached hydrogens (tertiary/aromatic N) is 5. The number of carbonyl (C=O) groups excluding carboxylic acids is 1. The van der Waals surface area contributed by atoms with Crippen LogP contribution in [0, 0.1) is 0 Å². The molecule has 1 saturated heterocycles. The topological polar surface area (TPSA) is 63.9 Å². The van der Waals surface area contributed by atoms with Crippen LogP contribution in [0.2, 0.25) is 0 Å². The van der Waals surface area contributed by atoms with Crippen molar-refractivity contribution in [3.8, 4) is 11.4 Å². The van der Waals surface area contributed by atoms with Crippen LogP contribution in [0.3, 0.4) is 0 Å². The molecular formula is C20H19N5O. The molecule has 0 N–H and O–H groups in total. The van der Waals surface area contributed by atoms with E-state index in [1.807, 2.05) is 18.2 Å². The van der Waals surface area contributed by atoms with Gasteiger partial charge in [-0.25, -0.2) is 0 Å². The third-order valence-corrected chi connectivity index (χ3v) is 5.45. The first-order valence-corrected chi connectivity index (χ1v) is 9.01. The lowest BCUT2D eigenvalue weighted by molar-refractivity contribution is 0.0665. The molecule has 0 radical (unpaired) electrons. The Bertz CT molecular complexity index is 937. The molecule has 4 heterocycles. The molecule has 3 aromatic rings. The van der Waals surface area contributed by atoms with Gasteiger partial charge in [-0.3, -0.25) is 9.78 Å². The van der Waals surface area contributed by atoms with Crippen molar-refractivity contribution >= 4 is 5.91 Å². The number of fused-ring (bicyclic) bond motifs is 3. The molecular weight excluding hydrogens is 326 g/mol. The number of aromatic nitrogens is 4. The van der Waals surface area contributed by atoms with Crippen LogP contribution in [-0.2, 0) is 13.0 Å². The third kappa shape index (κ3) is 2.41. The van der Waals surface area contributed by atoms with Gasteiger partial charge in [0.05, 0.1) is 6.04 Å². The van der Waals surface area contributed by atoms with E-state index in [0.29, 0.717) is 5.56 Å². The molecule has 6 nitrogen and oxygen atoms in total. The van der Waals surface area contributed by atoms with Crippen molar-refractivity contribution in [2.45, 2.75) is 37.9 Å². The Morgan fingerprint density at radius 2 is 1.73 bits per heavy atom. The molecule has 2 aromatic heterocycles. The third-order valence-electron chi connectivity index (χ3n) is 5.45. The molecule has 2 bridgehead atoms. The number of hydrogen-bond acceptors (Lipinski definition) is 4. The predicted molar refractivity (Wildman–Crippen MR) is 96.4 cm³/mol.